The molecule has 1 aliphatic rings. The molecule has 1 aromatic heterocycles. The molecule has 1 aliphatic carbocycles. The van der Waals surface area contributed by atoms with Crippen LogP contribution in [0.5, 0.6) is 0 Å². The van der Waals surface area contributed by atoms with Crippen LogP contribution < -0.4 is 0 Å². The van der Waals surface area contributed by atoms with Crippen molar-refractivity contribution in [1.29, 1.82) is 0 Å². The summed E-state index contributed by atoms with van der Waals surface area (Å²) in [6.07, 6.45) is 11.8. The molecule has 1 heterocycles. The van der Waals surface area contributed by atoms with Crippen LogP contribution in [0, 0.1) is 11.8 Å². The minimum absolute atomic E-state index is 0.00360. The number of fused-ring (bicyclic) bond motifs is 1. The quantitative estimate of drug-likeness (QED) is 0.422. The SMILES string of the molecule is CC.CC.CCC(C)C.CCC=CCC1CC(F)=C(C)C=C1c1nccc2ccccc12. The van der Waals surface area contributed by atoms with Gasteiger partial charge < -0.3 is 0 Å². The first kappa shape index (κ1) is 29.8. The van der Waals surface area contributed by atoms with E-state index in [1.165, 1.54) is 11.8 Å². The van der Waals surface area contributed by atoms with Gasteiger partial charge in [0.15, 0.2) is 0 Å². The first-order valence-corrected chi connectivity index (χ1v) is 12.5. The monoisotopic (exact) mass is 439 g/mol. The summed E-state index contributed by atoms with van der Waals surface area (Å²) in [5.74, 6) is 1.04. The zero-order chi connectivity index (χ0) is 24.5. The lowest BCUT2D eigenvalue weighted by Gasteiger charge is -2.24. The van der Waals surface area contributed by atoms with E-state index in [4.69, 9.17) is 0 Å². The second kappa shape index (κ2) is 17.3. The molecule has 2 heteroatoms. The fraction of sp³-hybridized carbons (Fsp3) is 0.500. The standard InChI is InChI=1S/C21H22FN.C5H12.2C2H6/c1-3-4-5-9-17-14-20(22)15(2)13-19(17)21-18-10-7-6-8-16(18)11-12-23-21;1-4-5(2)3;2*1-2/h4-8,10-13,17H,3,9,14H2,1-2H3;5H,4H2,1-3H3;2*1-2H3. The summed E-state index contributed by atoms with van der Waals surface area (Å²) in [5.41, 5.74) is 2.87. The molecule has 178 valence electrons. The maximum atomic E-state index is 14.1. The second-order valence-corrected chi connectivity index (χ2v) is 7.89. The normalized spacial score (nSPS) is 15.3. The van der Waals surface area contributed by atoms with Crippen molar-refractivity contribution in [2.45, 2.75) is 88.0 Å². The first-order valence-electron chi connectivity index (χ1n) is 12.5. The van der Waals surface area contributed by atoms with Crippen molar-refractivity contribution in [2.24, 2.45) is 11.8 Å². The van der Waals surface area contributed by atoms with E-state index < -0.39 is 0 Å². The third-order valence-electron chi connectivity index (χ3n) is 5.25. The maximum absolute atomic E-state index is 14.1. The highest BCUT2D eigenvalue weighted by atomic mass is 19.1. The van der Waals surface area contributed by atoms with E-state index in [0.717, 1.165) is 41.0 Å². The highest BCUT2D eigenvalue weighted by Crippen LogP contribution is 2.39. The van der Waals surface area contributed by atoms with Gasteiger partial charge >= 0.3 is 0 Å². The van der Waals surface area contributed by atoms with Gasteiger partial charge in [-0.15, -0.1) is 0 Å². The van der Waals surface area contributed by atoms with E-state index in [1.54, 1.807) is 0 Å². The Bertz CT molecular complexity index is 853. The molecule has 0 aliphatic heterocycles. The van der Waals surface area contributed by atoms with Crippen molar-refractivity contribution in [3.8, 4) is 0 Å². The number of allylic oxidation sites excluding steroid dienone is 6. The number of nitrogens with zero attached hydrogens (tertiary/aromatic N) is 1. The van der Waals surface area contributed by atoms with Crippen LogP contribution in [0.4, 0.5) is 4.39 Å². The Kier molecular flexibility index (Phi) is 16.1. The number of benzene rings is 1. The molecule has 0 saturated carbocycles. The van der Waals surface area contributed by atoms with Gasteiger partial charge in [0.1, 0.15) is 5.83 Å². The smallest absolute Gasteiger partial charge is 0.103 e. The number of hydrogen-bond donors (Lipinski definition) is 0. The minimum Gasteiger partial charge on any atom is -0.256 e. The average Bonchev–Trinajstić information content (AvgIpc) is 2.84. The van der Waals surface area contributed by atoms with Crippen molar-refractivity contribution in [3.05, 3.63) is 71.9 Å². The van der Waals surface area contributed by atoms with Crippen LogP contribution in [0.25, 0.3) is 16.3 Å². The predicted molar refractivity (Wildman–Crippen MR) is 144 cm³/mol. The highest BCUT2D eigenvalue weighted by molar-refractivity contribution is 5.93. The van der Waals surface area contributed by atoms with Gasteiger partial charge in [0.25, 0.3) is 0 Å². The van der Waals surface area contributed by atoms with Crippen molar-refractivity contribution in [3.63, 3.8) is 0 Å². The van der Waals surface area contributed by atoms with Crippen LogP contribution in [0.1, 0.15) is 93.7 Å². The van der Waals surface area contributed by atoms with Crippen molar-refractivity contribution in [2.75, 3.05) is 0 Å². The van der Waals surface area contributed by atoms with E-state index in [2.05, 4.69) is 57.0 Å². The molecule has 1 nitrogen and oxygen atoms in total. The van der Waals surface area contributed by atoms with Gasteiger partial charge in [-0.25, -0.2) is 4.39 Å². The summed E-state index contributed by atoms with van der Waals surface area (Å²) in [6, 6.07) is 10.3. The fourth-order valence-corrected chi connectivity index (χ4v) is 3.17. The Labute approximate surface area is 197 Å². The van der Waals surface area contributed by atoms with Crippen LogP contribution in [0.15, 0.2) is 66.2 Å². The first-order chi connectivity index (χ1) is 15.5. The van der Waals surface area contributed by atoms with Crippen LogP contribution in [0.3, 0.4) is 0 Å². The van der Waals surface area contributed by atoms with E-state index in [1.807, 2.05) is 65.1 Å². The lowest BCUT2D eigenvalue weighted by Crippen LogP contribution is -2.10. The summed E-state index contributed by atoms with van der Waals surface area (Å²) < 4.78 is 14.1. The molecule has 3 rings (SSSR count). The Balaban J connectivity index is 0.000000928. The molecule has 0 saturated heterocycles. The van der Waals surface area contributed by atoms with Gasteiger partial charge in [0, 0.05) is 18.0 Å². The van der Waals surface area contributed by atoms with Gasteiger partial charge in [0.05, 0.1) is 5.69 Å². The van der Waals surface area contributed by atoms with Crippen LogP contribution in [-0.2, 0) is 0 Å². The molecule has 0 spiro atoms. The molecule has 1 aromatic carbocycles. The molecule has 0 radical (unpaired) electrons. The maximum Gasteiger partial charge on any atom is 0.103 e. The number of rotatable bonds is 5. The lowest BCUT2D eigenvalue weighted by molar-refractivity contribution is 0.516. The summed E-state index contributed by atoms with van der Waals surface area (Å²) in [4.78, 5) is 4.63. The third kappa shape index (κ3) is 9.51. The predicted octanol–water partition coefficient (Wildman–Crippen LogP) is 10.3. The fourth-order valence-electron chi connectivity index (χ4n) is 3.17. The highest BCUT2D eigenvalue weighted by Gasteiger charge is 2.24. The van der Waals surface area contributed by atoms with E-state index in [-0.39, 0.29) is 11.7 Å². The molecule has 1 atom stereocenters. The van der Waals surface area contributed by atoms with Gasteiger partial charge in [-0.3, -0.25) is 4.98 Å². The van der Waals surface area contributed by atoms with Gasteiger partial charge in [0.2, 0.25) is 0 Å². The Morgan fingerprint density at radius 1 is 1.03 bits per heavy atom. The minimum atomic E-state index is 0.00360. The molecule has 0 fully saturated rings. The molecular weight excluding hydrogens is 393 g/mol. The summed E-state index contributed by atoms with van der Waals surface area (Å²) in [7, 11) is 0. The zero-order valence-corrected chi connectivity index (χ0v) is 22.0. The van der Waals surface area contributed by atoms with E-state index in [0.29, 0.717) is 6.42 Å². The van der Waals surface area contributed by atoms with Crippen LogP contribution >= 0.6 is 0 Å². The summed E-state index contributed by atoms with van der Waals surface area (Å²) >= 11 is 0. The van der Waals surface area contributed by atoms with Crippen molar-refractivity contribution < 1.29 is 4.39 Å². The topological polar surface area (TPSA) is 12.9 Å². The molecule has 2 aromatic rings. The summed E-state index contributed by atoms with van der Waals surface area (Å²) in [6.45, 7) is 18.6. The van der Waals surface area contributed by atoms with Gasteiger partial charge in [-0.05, 0) is 54.2 Å². The van der Waals surface area contributed by atoms with Crippen LogP contribution in [-0.4, -0.2) is 4.98 Å². The molecular formula is C30H46FN. The largest absolute Gasteiger partial charge is 0.256 e. The van der Waals surface area contributed by atoms with Crippen molar-refractivity contribution in [1.82, 2.24) is 4.98 Å². The Morgan fingerprint density at radius 3 is 2.25 bits per heavy atom. The third-order valence-corrected chi connectivity index (χ3v) is 5.25. The zero-order valence-electron chi connectivity index (χ0n) is 22.0. The molecule has 0 bridgehead atoms. The van der Waals surface area contributed by atoms with E-state index in [9.17, 15) is 4.39 Å². The second-order valence-electron chi connectivity index (χ2n) is 7.89. The van der Waals surface area contributed by atoms with Gasteiger partial charge in [-0.1, -0.05) is 104 Å². The van der Waals surface area contributed by atoms with Crippen LogP contribution in [0.2, 0.25) is 0 Å². The Morgan fingerprint density at radius 2 is 1.66 bits per heavy atom. The van der Waals surface area contributed by atoms with E-state index >= 15 is 0 Å². The molecule has 32 heavy (non-hydrogen) atoms. The van der Waals surface area contributed by atoms with Crippen molar-refractivity contribution >= 4 is 16.3 Å². The average molecular weight is 440 g/mol. The number of aromatic nitrogens is 1. The molecule has 1 unspecified atom stereocenters. The number of hydrogen-bond acceptors (Lipinski definition) is 1. The number of pyridine rings is 1. The number of halogens is 1. The lowest BCUT2D eigenvalue weighted by atomic mass is 9.82. The van der Waals surface area contributed by atoms with Gasteiger partial charge in [-0.2, -0.15) is 0 Å². The Hall–Kier alpha value is -2.22. The summed E-state index contributed by atoms with van der Waals surface area (Å²) in [5, 5.41) is 2.31. The molecule has 0 amide bonds. The molecule has 0 N–H and O–H groups in total.